The van der Waals surface area contributed by atoms with Crippen LogP contribution in [0.2, 0.25) is 1.41 Å². The second kappa shape index (κ2) is 4.30. The Kier molecular flexibility index (Phi) is 2.77. The number of aliphatic hydroxyl groups is 2. The third-order valence-corrected chi connectivity index (χ3v) is 2.95. The van der Waals surface area contributed by atoms with E-state index in [9.17, 15) is 19.1 Å². The normalized spacial score (nSPS) is 36.7. The van der Waals surface area contributed by atoms with Gasteiger partial charge in [0.2, 0.25) is 0 Å². The van der Waals surface area contributed by atoms with Gasteiger partial charge in [-0.3, -0.25) is 14.3 Å². The molecule has 0 saturated carbocycles. The molecule has 2 rings (SSSR count). The fourth-order valence-electron chi connectivity index (χ4n) is 1.94. The number of aromatic nitrogens is 2. The van der Waals surface area contributed by atoms with Gasteiger partial charge in [0.25, 0.3) is 5.56 Å². The van der Waals surface area contributed by atoms with Gasteiger partial charge in [-0.05, 0) is 6.92 Å². The maximum absolute atomic E-state index is 14.4. The Morgan fingerprint density at radius 3 is 2.94 bits per heavy atom. The number of hydrogen-bond donors (Lipinski definition) is 3. The quantitative estimate of drug-likeness (QED) is 0.602. The number of H-pyrrole nitrogens is 1. The van der Waals surface area contributed by atoms with Gasteiger partial charge in [-0.1, -0.05) is 0 Å². The second-order valence-electron chi connectivity index (χ2n) is 4.26. The monoisotopic (exact) mass is 261 g/mol. The Bertz CT molecular complexity index is 598. The number of aliphatic hydroxyl groups excluding tert-OH is 2. The molecule has 0 spiro atoms. The van der Waals surface area contributed by atoms with Crippen molar-refractivity contribution in [2.45, 2.75) is 31.0 Å². The molecule has 2 heterocycles. The molecule has 1 aliphatic rings. The summed E-state index contributed by atoms with van der Waals surface area (Å²) in [5.74, 6) is 0. The molecule has 1 aromatic rings. The standard InChI is InChI=1S/C10H13FN2O5/c1-10(11)7(16)5(4-14)18-8(10)13-3-2-6(15)12-9(13)17/h2-3,5,7-8,14,16H,4H2,1H3,(H,12,15,17)/t5-,7-,8-,10-/m1/s1/i/hD. The molecule has 18 heavy (non-hydrogen) atoms. The van der Waals surface area contributed by atoms with E-state index >= 15 is 0 Å². The molecule has 0 aromatic carbocycles. The van der Waals surface area contributed by atoms with E-state index in [1.165, 1.54) is 0 Å². The molecule has 0 amide bonds. The maximum Gasteiger partial charge on any atom is 0.330 e. The fourth-order valence-corrected chi connectivity index (χ4v) is 1.94. The molecule has 4 atom stereocenters. The molecule has 7 nitrogen and oxygen atoms in total. The number of hydrogen-bond acceptors (Lipinski definition) is 5. The number of aromatic amines is 1. The smallest absolute Gasteiger partial charge is 0.330 e. The zero-order valence-electron chi connectivity index (χ0n) is 10.5. The number of alkyl halides is 1. The molecule has 1 aromatic heterocycles. The minimum atomic E-state index is -2.34. The van der Waals surface area contributed by atoms with Gasteiger partial charge in [0, 0.05) is 12.3 Å². The molecule has 100 valence electrons. The van der Waals surface area contributed by atoms with E-state index in [-0.39, 0.29) is 4.98 Å². The summed E-state index contributed by atoms with van der Waals surface area (Å²) in [6.45, 7) is 0.399. The molecule has 1 saturated heterocycles. The van der Waals surface area contributed by atoms with Crippen molar-refractivity contribution in [3.8, 4) is 0 Å². The van der Waals surface area contributed by atoms with Crippen molar-refractivity contribution >= 4 is 0 Å². The highest BCUT2D eigenvalue weighted by molar-refractivity contribution is 5.01. The Morgan fingerprint density at radius 1 is 1.72 bits per heavy atom. The summed E-state index contributed by atoms with van der Waals surface area (Å²) in [4.78, 5) is 22.9. The van der Waals surface area contributed by atoms with Gasteiger partial charge in [-0.15, -0.1) is 0 Å². The minimum Gasteiger partial charge on any atom is -0.394 e. The van der Waals surface area contributed by atoms with Crippen LogP contribution < -0.4 is 11.2 Å². The summed E-state index contributed by atoms with van der Waals surface area (Å²) >= 11 is 0. The summed E-state index contributed by atoms with van der Waals surface area (Å²) < 4.78 is 27.4. The second-order valence-corrected chi connectivity index (χ2v) is 4.26. The number of nitrogens with zero attached hydrogens (tertiary/aromatic N) is 1. The Balaban J connectivity index is 2.51. The first kappa shape index (κ1) is 11.6. The molecule has 0 radical (unpaired) electrons. The molecule has 1 fully saturated rings. The SMILES string of the molecule is [2H]n1c(=O)ccn([C@@H]2O[C@H](CO)[C@@H](O)[C@@]2(C)F)c1=O. The lowest BCUT2D eigenvalue weighted by Crippen LogP contribution is -2.43. The highest BCUT2D eigenvalue weighted by Gasteiger charge is 2.54. The molecular weight excluding hydrogens is 247 g/mol. The molecule has 3 N–H and O–H groups in total. The van der Waals surface area contributed by atoms with Crippen molar-refractivity contribution < 1.29 is 20.8 Å². The molecule has 1 aliphatic heterocycles. The third kappa shape index (κ3) is 1.88. The average molecular weight is 261 g/mol. The summed E-state index contributed by atoms with van der Waals surface area (Å²) in [5, 5.41) is 18.6. The predicted molar refractivity (Wildman–Crippen MR) is 57.8 cm³/mol. The van der Waals surface area contributed by atoms with Crippen LogP contribution in [0.25, 0.3) is 0 Å². The number of halogens is 1. The number of rotatable bonds is 2. The van der Waals surface area contributed by atoms with Gasteiger partial charge >= 0.3 is 5.69 Å². The molecular formula is C10H13FN2O5. The maximum atomic E-state index is 14.4. The van der Waals surface area contributed by atoms with Crippen molar-refractivity contribution in [1.82, 2.24) is 9.54 Å². The summed E-state index contributed by atoms with van der Waals surface area (Å²) in [7, 11) is 0. The van der Waals surface area contributed by atoms with Crippen LogP contribution >= 0.6 is 0 Å². The van der Waals surface area contributed by atoms with Gasteiger partial charge < -0.3 is 14.9 Å². The van der Waals surface area contributed by atoms with Crippen LogP contribution in [0.1, 0.15) is 13.2 Å². The zero-order valence-corrected chi connectivity index (χ0v) is 9.49. The number of ether oxygens (including phenoxy) is 1. The lowest BCUT2D eigenvalue weighted by Gasteiger charge is -2.24. The highest BCUT2D eigenvalue weighted by Crippen LogP contribution is 2.40. The largest absolute Gasteiger partial charge is 0.394 e. The van der Waals surface area contributed by atoms with Crippen LogP contribution in [0.5, 0.6) is 0 Å². The van der Waals surface area contributed by atoms with Crippen LogP contribution in [0.15, 0.2) is 21.9 Å². The van der Waals surface area contributed by atoms with Gasteiger partial charge in [0.05, 0.1) is 6.61 Å². The van der Waals surface area contributed by atoms with Crippen LogP contribution in [-0.2, 0) is 4.74 Å². The fraction of sp³-hybridized carbons (Fsp3) is 0.600. The van der Waals surface area contributed by atoms with Crippen molar-refractivity contribution in [2.75, 3.05) is 6.61 Å². The van der Waals surface area contributed by atoms with E-state index in [1.54, 1.807) is 0 Å². The first-order chi connectivity index (χ1) is 8.80. The van der Waals surface area contributed by atoms with Crippen molar-refractivity contribution in [2.24, 2.45) is 0 Å². The van der Waals surface area contributed by atoms with E-state index in [4.69, 9.17) is 11.3 Å². The molecule has 8 heteroatoms. The molecule has 0 bridgehead atoms. The van der Waals surface area contributed by atoms with E-state index in [1.807, 2.05) is 0 Å². The van der Waals surface area contributed by atoms with Gasteiger partial charge in [-0.25, -0.2) is 9.18 Å². The van der Waals surface area contributed by atoms with E-state index in [0.29, 0.717) is 4.57 Å². The Hall–Kier alpha value is -1.51. The Labute approximate surface area is 102 Å². The average Bonchev–Trinajstić information content (AvgIpc) is 2.59. The van der Waals surface area contributed by atoms with Crippen LogP contribution in [0.4, 0.5) is 4.39 Å². The zero-order chi connectivity index (χ0) is 14.4. The Morgan fingerprint density at radius 2 is 2.39 bits per heavy atom. The minimum absolute atomic E-state index is 0.0537. The summed E-state index contributed by atoms with van der Waals surface area (Å²) in [6, 6.07) is 0.909. The summed E-state index contributed by atoms with van der Waals surface area (Å²) in [6.07, 6.45) is -3.34. The van der Waals surface area contributed by atoms with Gasteiger partial charge in [0.1, 0.15) is 12.2 Å². The van der Waals surface area contributed by atoms with E-state index < -0.39 is 42.0 Å². The van der Waals surface area contributed by atoms with Crippen LogP contribution in [0.3, 0.4) is 0 Å². The summed E-state index contributed by atoms with van der Waals surface area (Å²) in [5.41, 5.74) is -4.29. The third-order valence-electron chi connectivity index (χ3n) is 2.95. The van der Waals surface area contributed by atoms with Crippen LogP contribution in [0, 0.1) is 0 Å². The van der Waals surface area contributed by atoms with E-state index in [2.05, 4.69) is 0 Å². The number of nitrogens with one attached hydrogen (secondary N) is 1. The highest BCUT2D eigenvalue weighted by atomic mass is 19.1. The van der Waals surface area contributed by atoms with Crippen molar-refractivity contribution in [1.29, 1.82) is 0 Å². The van der Waals surface area contributed by atoms with Gasteiger partial charge in [0.15, 0.2) is 13.3 Å². The first-order valence-electron chi connectivity index (χ1n) is 5.72. The predicted octanol–water partition coefficient (Wildman–Crippen LogP) is -1.48. The van der Waals surface area contributed by atoms with Crippen molar-refractivity contribution in [3.63, 3.8) is 0 Å². The lowest BCUT2D eigenvalue weighted by molar-refractivity contribution is -0.0611. The van der Waals surface area contributed by atoms with Gasteiger partial charge in [-0.2, -0.15) is 0 Å². The topological polar surface area (TPSA) is 105 Å². The van der Waals surface area contributed by atoms with E-state index in [0.717, 1.165) is 19.2 Å². The first-order valence-corrected chi connectivity index (χ1v) is 5.27. The lowest BCUT2D eigenvalue weighted by atomic mass is 9.98. The van der Waals surface area contributed by atoms with Crippen LogP contribution in [-0.4, -0.2) is 44.2 Å². The molecule has 0 aliphatic carbocycles. The van der Waals surface area contributed by atoms with Crippen molar-refractivity contribution in [3.05, 3.63) is 33.1 Å². The molecule has 0 unspecified atom stereocenters.